The van der Waals surface area contributed by atoms with Gasteiger partial charge in [-0.1, -0.05) is 18.7 Å². The molecule has 0 fully saturated rings. The highest BCUT2D eigenvalue weighted by atomic mass is 32.2. The summed E-state index contributed by atoms with van der Waals surface area (Å²) in [6.07, 6.45) is 3.45. The number of aromatic nitrogens is 3. The molecule has 2 aromatic heterocycles. The van der Waals surface area contributed by atoms with Gasteiger partial charge in [-0.15, -0.1) is 21.5 Å². The molecule has 0 radical (unpaired) electrons. The first-order valence-corrected chi connectivity index (χ1v) is 12.0. The van der Waals surface area contributed by atoms with Crippen molar-refractivity contribution >= 4 is 34.7 Å². The second-order valence-electron chi connectivity index (χ2n) is 7.67. The molecule has 0 bridgehead atoms. The van der Waals surface area contributed by atoms with E-state index in [2.05, 4.69) is 27.8 Å². The Bertz CT molecular complexity index is 1090. The predicted octanol–water partition coefficient (Wildman–Crippen LogP) is 4.42. The van der Waals surface area contributed by atoms with Crippen LogP contribution in [0.15, 0.2) is 28.7 Å². The Labute approximate surface area is 190 Å². The van der Waals surface area contributed by atoms with Crippen molar-refractivity contribution in [2.75, 3.05) is 25.3 Å². The van der Waals surface area contributed by atoms with Gasteiger partial charge in [-0.3, -0.25) is 4.79 Å². The van der Waals surface area contributed by atoms with E-state index in [-0.39, 0.29) is 11.7 Å². The van der Waals surface area contributed by atoms with E-state index < -0.39 is 0 Å². The number of nitrogens with one attached hydrogen (secondary N) is 1. The first-order chi connectivity index (χ1) is 15.0. The normalized spacial score (nSPS) is 15.4. The van der Waals surface area contributed by atoms with Crippen LogP contribution in [0, 0.1) is 5.92 Å². The summed E-state index contributed by atoms with van der Waals surface area (Å²) in [5.41, 5.74) is 3.17. The maximum Gasteiger partial charge on any atom is 0.234 e. The van der Waals surface area contributed by atoms with Gasteiger partial charge in [0, 0.05) is 28.9 Å². The minimum absolute atomic E-state index is 0.150. The van der Waals surface area contributed by atoms with Crippen molar-refractivity contribution in [3.05, 3.63) is 34.0 Å². The van der Waals surface area contributed by atoms with Crippen LogP contribution in [0.5, 0.6) is 11.5 Å². The number of hydrogen-bond donors (Lipinski definition) is 1. The fraction of sp³-hybridized carbons (Fsp3) is 0.409. The van der Waals surface area contributed by atoms with Crippen LogP contribution in [0.1, 0.15) is 23.8 Å². The summed E-state index contributed by atoms with van der Waals surface area (Å²) in [6, 6.07) is 5.29. The number of benzene rings is 1. The third-order valence-electron chi connectivity index (χ3n) is 5.49. The summed E-state index contributed by atoms with van der Waals surface area (Å²) in [5.74, 6) is 2.90. The molecule has 31 heavy (non-hydrogen) atoms. The Morgan fingerprint density at radius 2 is 2.16 bits per heavy atom. The molecule has 1 amide bonds. The van der Waals surface area contributed by atoms with Gasteiger partial charge in [0.1, 0.15) is 11.5 Å². The summed E-state index contributed by atoms with van der Waals surface area (Å²) < 4.78 is 12.5. The summed E-state index contributed by atoms with van der Waals surface area (Å²) in [6.45, 7) is 2.31. The van der Waals surface area contributed by atoms with Crippen LogP contribution in [0.4, 0.5) is 5.69 Å². The van der Waals surface area contributed by atoms with E-state index in [4.69, 9.17) is 9.47 Å². The van der Waals surface area contributed by atoms with Gasteiger partial charge >= 0.3 is 0 Å². The van der Waals surface area contributed by atoms with Gasteiger partial charge in [0.2, 0.25) is 5.91 Å². The number of nitrogens with zero attached hydrogens (tertiary/aromatic N) is 3. The first-order valence-electron chi connectivity index (χ1n) is 10.1. The molecule has 0 aliphatic heterocycles. The minimum Gasteiger partial charge on any atom is -0.497 e. The van der Waals surface area contributed by atoms with Crippen molar-refractivity contribution in [1.82, 2.24) is 14.8 Å². The van der Waals surface area contributed by atoms with Crippen LogP contribution in [0.25, 0.3) is 11.4 Å². The molecule has 164 valence electrons. The zero-order valence-electron chi connectivity index (χ0n) is 18.1. The lowest BCUT2D eigenvalue weighted by Gasteiger charge is -2.18. The molecule has 2 heterocycles. The fourth-order valence-electron chi connectivity index (χ4n) is 3.77. The molecular weight excluding hydrogens is 432 g/mol. The van der Waals surface area contributed by atoms with Crippen molar-refractivity contribution in [2.45, 2.75) is 31.3 Å². The third-order valence-corrected chi connectivity index (χ3v) is 7.56. The second kappa shape index (κ2) is 9.32. The molecule has 1 aromatic carbocycles. The Kier molecular flexibility index (Phi) is 6.52. The standard InChI is InChI=1S/C22H26N4O3S2/c1-13-5-7-15-16(11-30-19(15)9-13)21-24-25-22(26(21)2)31-12-20(27)23-17-10-14(28-3)6-8-18(17)29-4/h6,8,10-11,13H,5,7,9,12H2,1-4H3,(H,23,27). The van der Waals surface area contributed by atoms with Crippen molar-refractivity contribution in [2.24, 2.45) is 13.0 Å². The minimum atomic E-state index is -0.150. The van der Waals surface area contributed by atoms with Gasteiger partial charge in [0.05, 0.1) is 25.7 Å². The SMILES string of the molecule is COc1ccc(OC)c(NC(=O)CSc2nnc(-c3csc4c3CCC(C)C4)n2C)c1. The van der Waals surface area contributed by atoms with E-state index in [0.29, 0.717) is 22.3 Å². The first kappa shape index (κ1) is 21.7. The highest BCUT2D eigenvalue weighted by molar-refractivity contribution is 7.99. The zero-order valence-corrected chi connectivity index (χ0v) is 19.7. The zero-order chi connectivity index (χ0) is 22.0. The third kappa shape index (κ3) is 4.57. The topological polar surface area (TPSA) is 78.3 Å². The van der Waals surface area contributed by atoms with Crippen molar-refractivity contribution in [3.63, 3.8) is 0 Å². The summed E-state index contributed by atoms with van der Waals surface area (Å²) in [5, 5.41) is 14.6. The Balaban J connectivity index is 1.44. The molecule has 0 saturated heterocycles. The monoisotopic (exact) mass is 458 g/mol. The lowest BCUT2D eigenvalue weighted by Crippen LogP contribution is -2.15. The molecule has 1 atom stereocenters. The predicted molar refractivity (Wildman–Crippen MR) is 124 cm³/mol. The number of hydrogen-bond acceptors (Lipinski definition) is 7. The molecule has 1 unspecified atom stereocenters. The molecule has 0 saturated carbocycles. The molecular formula is C22H26N4O3S2. The number of carbonyl (C=O) groups is 1. The van der Waals surface area contributed by atoms with Crippen molar-refractivity contribution in [3.8, 4) is 22.9 Å². The Morgan fingerprint density at radius 3 is 2.94 bits per heavy atom. The van der Waals surface area contributed by atoms with Crippen LogP contribution in [0.2, 0.25) is 0 Å². The van der Waals surface area contributed by atoms with Crippen LogP contribution < -0.4 is 14.8 Å². The van der Waals surface area contributed by atoms with E-state index in [0.717, 1.165) is 24.6 Å². The number of rotatable bonds is 7. The maximum atomic E-state index is 12.5. The summed E-state index contributed by atoms with van der Waals surface area (Å²) >= 11 is 3.18. The molecule has 7 nitrogen and oxygen atoms in total. The van der Waals surface area contributed by atoms with Crippen LogP contribution in [-0.4, -0.2) is 40.6 Å². The molecule has 1 aliphatic carbocycles. The van der Waals surface area contributed by atoms with E-state index in [9.17, 15) is 4.79 Å². The largest absolute Gasteiger partial charge is 0.497 e. The molecule has 1 aliphatic rings. The Morgan fingerprint density at radius 1 is 1.32 bits per heavy atom. The number of carbonyl (C=O) groups excluding carboxylic acids is 1. The molecule has 9 heteroatoms. The number of amides is 1. The molecule has 4 rings (SSSR count). The van der Waals surface area contributed by atoms with Gasteiger partial charge in [-0.2, -0.15) is 0 Å². The van der Waals surface area contributed by atoms with Crippen LogP contribution in [-0.2, 0) is 24.7 Å². The van der Waals surface area contributed by atoms with Crippen LogP contribution in [0.3, 0.4) is 0 Å². The Hall–Kier alpha value is -2.52. The highest BCUT2D eigenvalue weighted by Gasteiger charge is 2.23. The number of thiophene rings is 1. The summed E-state index contributed by atoms with van der Waals surface area (Å²) in [7, 11) is 5.10. The fourth-order valence-corrected chi connectivity index (χ4v) is 5.72. The average molecular weight is 459 g/mol. The lowest BCUT2D eigenvalue weighted by molar-refractivity contribution is -0.113. The second-order valence-corrected chi connectivity index (χ2v) is 9.57. The smallest absolute Gasteiger partial charge is 0.234 e. The highest BCUT2D eigenvalue weighted by Crippen LogP contribution is 2.38. The van der Waals surface area contributed by atoms with Gasteiger partial charge in [-0.25, -0.2) is 0 Å². The number of thioether (sulfide) groups is 1. The van der Waals surface area contributed by atoms with E-state index >= 15 is 0 Å². The average Bonchev–Trinajstić information content (AvgIpc) is 3.34. The number of methoxy groups -OCH3 is 2. The number of fused-ring (bicyclic) bond motifs is 1. The summed E-state index contributed by atoms with van der Waals surface area (Å²) in [4.78, 5) is 14.0. The molecule has 3 aromatic rings. The van der Waals surface area contributed by atoms with Crippen LogP contribution >= 0.6 is 23.1 Å². The number of anilines is 1. The van der Waals surface area contributed by atoms with E-state index in [1.807, 2.05) is 23.0 Å². The van der Waals surface area contributed by atoms with Crippen molar-refractivity contribution in [1.29, 1.82) is 0 Å². The molecule has 1 N–H and O–H groups in total. The van der Waals surface area contributed by atoms with E-state index in [1.54, 1.807) is 32.4 Å². The lowest BCUT2D eigenvalue weighted by atomic mass is 9.88. The number of ether oxygens (including phenoxy) is 2. The molecule has 0 spiro atoms. The van der Waals surface area contributed by atoms with E-state index in [1.165, 1.54) is 34.2 Å². The maximum absolute atomic E-state index is 12.5. The van der Waals surface area contributed by atoms with Gasteiger partial charge in [0.25, 0.3) is 0 Å². The van der Waals surface area contributed by atoms with Gasteiger partial charge < -0.3 is 19.4 Å². The van der Waals surface area contributed by atoms with Crippen molar-refractivity contribution < 1.29 is 14.3 Å². The quantitative estimate of drug-likeness (QED) is 0.528. The van der Waals surface area contributed by atoms with Gasteiger partial charge in [-0.05, 0) is 42.9 Å². The van der Waals surface area contributed by atoms with Gasteiger partial charge in [0.15, 0.2) is 11.0 Å².